The van der Waals surface area contributed by atoms with Gasteiger partial charge in [0.05, 0.1) is 6.61 Å². The zero-order valence-corrected chi connectivity index (χ0v) is 10.4. The van der Waals surface area contributed by atoms with Gasteiger partial charge in [-0.05, 0) is 31.7 Å². The van der Waals surface area contributed by atoms with Gasteiger partial charge in [-0.25, -0.2) is 0 Å². The SMILES string of the molecule is Cc1ccc(CCCCC(=O)NCCO)cc1. The molecule has 0 spiro atoms. The predicted octanol–water partition coefficient (Wildman–Crippen LogP) is 1.82. The van der Waals surface area contributed by atoms with Crippen LogP contribution in [0.15, 0.2) is 24.3 Å². The lowest BCUT2D eigenvalue weighted by Gasteiger charge is -2.04. The lowest BCUT2D eigenvalue weighted by Crippen LogP contribution is -2.25. The quantitative estimate of drug-likeness (QED) is 0.708. The molecule has 0 radical (unpaired) electrons. The van der Waals surface area contributed by atoms with E-state index in [2.05, 4.69) is 36.5 Å². The van der Waals surface area contributed by atoms with Crippen molar-refractivity contribution in [3.05, 3.63) is 35.4 Å². The van der Waals surface area contributed by atoms with Gasteiger partial charge in [0.1, 0.15) is 0 Å². The van der Waals surface area contributed by atoms with Gasteiger partial charge in [-0.1, -0.05) is 29.8 Å². The fourth-order valence-electron chi connectivity index (χ4n) is 1.65. The molecular weight excluding hydrogens is 214 g/mol. The summed E-state index contributed by atoms with van der Waals surface area (Å²) in [6.07, 6.45) is 3.49. The summed E-state index contributed by atoms with van der Waals surface area (Å²) in [6, 6.07) is 8.51. The average molecular weight is 235 g/mol. The maximum atomic E-state index is 11.2. The number of aliphatic hydroxyl groups is 1. The summed E-state index contributed by atoms with van der Waals surface area (Å²) in [7, 11) is 0. The average Bonchev–Trinajstić information content (AvgIpc) is 2.34. The molecule has 0 aliphatic rings. The Morgan fingerprint density at radius 3 is 2.59 bits per heavy atom. The van der Waals surface area contributed by atoms with Crippen LogP contribution in [0.3, 0.4) is 0 Å². The third-order valence-electron chi connectivity index (χ3n) is 2.67. The first-order chi connectivity index (χ1) is 8.22. The first kappa shape index (κ1) is 13.7. The first-order valence-corrected chi connectivity index (χ1v) is 6.15. The molecule has 3 nitrogen and oxygen atoms in total. The number of amides is 1. The van der Waals surface area contributed by atoms with Gasteiger partial charge < -0.3 is 10.4 Å². The predicted molar refractivity (Wildman–Crippen MR) is 68.8 cm³/mol. The van der Waals surface area contributed by atoms with Crippen LogP contribution >= 0.6 is 0 Å². The summed E-state index contributed by atoms with van der Waals surface area (Å²) in [5.41, 5.74) is 2.60. The summed E-state index contributed by atoms with van der Waals surface area (Å²) in [6.45, 7) is 2.45. The summed E-state index contributed by atoms with van der Waals surface area (Å²) in [5.74, 6) is 0.0305. The van der Waals surface area contributed by atoms with E-state index in [-0.39, 0.29) is 12.5 Å². The zero-order chi connectivity index (χ0) is 12.5. The second-order valence-corrected chi connectivity index (χ2v) is 4.27. The van der Waals surface area contributed by atoms with Crippen molar-refractivity contribution in [1.29, 1.82) is 0 Å². The molecule has 94 valence electrons. The molecule has 0 aliphatic carbocycles. The first-order valence-electron chi connectivity index (χ1n) is 6.15. The van der Waals surface area contributed by atoms with Crippen LogP contribution in [-0.2, 0) is 11.2 Å². The summed E-state index contributed by atoms with van der Waals surface area (Å²) in [5, 5.41) is 11.2. The van der Waals surface area contributed by atoms with Gasteiger partial charge in [0.2, 0.25) is 5.91 Å². The van der Waals surface area contributed by atoms with Crippen molar-refractivity contribution >= 4 is 5.91 Å². The summed E-state index contributed by atoms with van der Waals surface area (Å²) >= 11 is 0. The highest BCUT2D eigenvalue weighted by Gasteiger charge is 2.00. The molecule has 1 rings (SSSR count). The largest absolute Gasteiger partial charge is 0.395 e. The monoisotopic (exact) mass is 235 g/mol. The molecule has 2 N–H and O–H groups in total. The second-order valence-electron chi connectivity index (χ2n) is 4.27. The highest BCUT2D eigenvalue weighted by Crippen LogP contribution is 2.08. The fourth-order valence-corrected chi connectivity index (χ4v) is 1.65. The number of carbonyl (C=O) groups excluding carboxylic acids is 1. The molecule has 1 aromatic carbocycles. The van der Waals surface area contributed by atoms with E-state index in [1.54, 1.807) is 0 Å². The molecule has 0 atom stereocenters. The molecule has 0 heterocycles. The molecule has 0 saturated carbocycles. The minimum absolute atomic E-state index is 0.00903. The highest BCUT2D eigenvalue weighted by atomic mass is 16.3. The van der Waals surface area contributed by atoms with Crippen molar-refractivity contribution in [2.45, 2.75) is 32.6 Å². The molecule has 0 aromatic heterocycles. The van der Waals surface area contributed by atoms with Crippen molar-refractivity contribution in [1.82, 2.24) is 5.32 Å². The Bertz CT molecular complexity index is 333. The van der Waals surface area contributed by atoms with E-state index in [0.29, 0.717) is 13.0 Å². The standard InChI is InChI=1S/C14H21NO2/c1-12-6-8-13(9-7-12)4-2-3-5-14(17)15-10-11-16/h6-9,16H,2-5,10-11H2,1H3,(H,15,17). The minimum Gasteiger partial charge on any atom is -0.395 e. The number of aliphatic hydroxyl groups excluding tert-OH is 1. The number of nitrogens with one attached hydrogen (secondary N) is 1. The Morgan fingerprint density at radius 2 is 1.94 bits per heavy atom. The van der Waals surface area contributed by atoms with E-state index in [1.807, 2.05) is 0 Å². The van der Waals surface area contributed by atoms with E-state index >= 15 is 0 Å². The van der Waals surface area contributed by atoms with Crippen molar-refractivity contribution in [3.8, 4) is 0 Å². The molecule has 3 heteroatoms. The van der Waals surface area contributed by atoms with Crippen molar-refractivity contribution in [3.63, 3.8) is 0 Å². The van der Waals surface area contributed by atoms with Crippen LogP contribution in [0, 0.1) is 6.92 Å². The number of hydrogen-bond donors (Lipinski definition) is 2. The molecule has 1 amide bonds. The van der Waals surface area contributed by atoms with E-state index in [4.69, 9.17) is 5.11 Å². The topological polar surface area (TPSA) is 49.3 Å². The van der Waals surface area contributed by atoms with Crippen LogP contribution in [0.25, 0.3) is 0 Å². The molecular formula is C14H21NO2. The maximum Gasteiger partial charge on any atom is 0.220 e. The van der Waals surface area contributed by atoms with E-state index in [0.717, 1.165) is 19.3 Å². The van der Waals surface area contributed by atoms with Crippen LogP contribution in [0.5, 0.6) is 0 Å². The van der Waals surface area contributed by atoms with Crippen LogP contribution in [0.4, 0.5) is 0 Å². The van der Waals surface area contributed by atoms with Gasteiger partial charge in [-0.2, -0.15) is 0 Å². The number of hydrogen-bond acceptors (Lipinski definition) is 2. The fraction of sp³-hybridized carbons (Fsp3) is 0.500. The van der Waals surface area contributed by atoms with Crippen molar-refractivity contribution in [2.24, 2.45) is 0 Å². The summed E-state index contributed by atoms with van der Waals surface area (Å²) < 4.78 is 0. The van der Waals surface area contributed by atoms with Gasteiger partial charge >= 0.3 is 0 Å². The second kappa shape index (κ2) is 7.85. The van der Waals surface area contributed by atoms with Crippen LogP contribution in [-0.4, -0.2) is 24.2 Å². The molecule has 0 fully saturated rings. The van der Waals surface area contributed by atoms with Gasteiger partial charge in [0, 0.05) is 13.0 Å². The number of benzene rings is 1. The van der Waals surface area contributed by atoms with Gasteiger partial charge in [-0.3, -0.25) is 4.79 Å². The number of aryl methyl sites for hydroxylation is 2. The van der Waals surface area contributed by atoms with E-state index < -0.39 is 0 Å². The van der Waals surface area contributed by atoms with Gasteiger partial charge in [-0.15, -0.1) is 0 Å². The number of unbranched alkanes of at least 4 members (excludes halogenated alkanes) is 1. The van der Waals surface area contributed by atoms with Gasteiger partial charge in [0.15, 0.2) is 0 Å². The normalized spacial score (nSPS) is 10.2. The van der Waals surface area contributed by atoms with E-state index in [1.165, 1.54) is 11.1 Å². The molecule has 0 bridgehead atoms. The van der Waals surface area contributed by atoms with E-state index in [9.17, 15) is 4.79 Å². The van der Waals surface area contributed by atoms with Gasteiger partial charge in [0.25, 0.3) is 0 Å². The smallest absolute Gasteiger partial charge is 0.220 e. The maximum absolute atomic E-state index is 11.2. The Kier molecular flexibility index (Phi) is 6.33. The van der Waals surface area contributed by atoms with Crippen molar-refractivity contribution in [2.75, 3.05) is 13.2 Å². The number of rotatable bonds is 7. The Hall–Kier alpha value is -1.35. The number of carbonyl (C=O) groups is 1. The minimum atomic E-state index is 0.00903. The highest BCUT2D eigenvalue weighted by molar-refractivity contribution is 5.75. The van der Waals surface area contributed by atoms with Crippen LogP contribution < -0.4 is 5.32 Å². The molecule has 0 unspecified atom stereocenters. The molecule has 0 aliphatic heterocycles. The zero-order valence-electron chi connectivity index (χ0n) is 10.4. The Balaban J connectivity index is 2.11. The van der Waals surface area contributed by atoms with Crippen molar-refractivity contribution < 1.29 is 9.90 Å². The lowest BCUT2D eigenvalue weighted by molar-refractivity contribution is -0.121. The molecule has 17 heavy (non-hydrogen) atoms. The lowest BCUT2D eigenvalue weighted by atomic mass is 10.1. The Morgan fingerprint density at radius 1 is 1.24 bits per heavy atom. The Labute approximate surface area is 103 Å². The van der Waals surface area contributed by atoms with Crippen LogP contribution in [0.1, 0.15) is 30.4 Å². The van der Waals surface area contributed by atoms with Crippen LogP contribution in [0.2, 0.25) is 0 Å². The molecule has 1 aromatic rings. The summed E-state index contributed by atoms with van der Waals surface area (Å²) in [4.78, 5) is 11.2. The molecule has 0 saturated heterocycles. The third-order valence-corrected chi connectivity index (χ3v) is 2.67. The third kappa shape index (κ3) is 6.07.